The van der Waals surface area contributed by atoms with Gasteiger partial charge >= 0.3 is 0 Å². The highest BCUT2D eigenvalue weighted by Gasteiger charge is 2.43. The van der Waals surface area contributed by atoms with Crippen molar-refractivity contribution in [1.29, 1.82) is 0 Å². The van der Waals surface area contributed by atoms with Crippen LogP contribution >= 0.6 is 0 Å². The number of carbonyl (C=O) groups is 1. The molecule has 2 atom stereocenters. The van der Waals surface area contributed by atoms with Gasteiger partial charge in [0.1, 0.15) is 0 Å². The summed E-state index contributed by atoms with van der Waals surface area (Å²) in [6.45, 7) is 0.714. The first-order valence-electron chi connectivity index (χ1n) is 8.35. The molecule has 0 saturated heterocycles. The van der Waals surface area contributed by atoms with Crippen LogP contribution in [0.2, 0.25) is 0 Å². The Hall–Kier alpha value is -1.40. The summed E-state index contributed by atoms with van der Waals surface area (Å²) in [5.41, 5.74) is 1.18. The van der Waals surface area contributed by atoms with Crippen LogP contribution in [0.4, 0.5) is 0 Å². The summed E-state index contributed by atoms with van der Waals surface area (Å²) in [5.74, 6) is 0.687. The molecule has 1 amide bonds. The second-order valence-corrected chi connectivity index (χ2v) is 8.54. The lowest BCUT2D eigenvalue weighted by Crippen LogP contribution is -2.38. The second-order valence-electron chi connectivity index (χ2n) is 6.61. The van der Waals surface area contributed by atoms with Gasteiger partial charge in [-0.3, -0.25) is 4.79 Å². The molecule has 0 radical (unpaired) electrons. The topological polar surface area (TPSA) is 75.3 Å². The fraction of sp³-hybridized carbons (Fsp3) is 0.588. The SMILES string of the molecule is O=C(NCCS(=O)(=O)NCC1CCC1)[C@@H]1C[C@H]1c1ccccc1. The fourth-order valence-electron chi connectivity index (χ4n) is 3.01. The van der Waals surface area contributed by atoms with E-state index in [0.717, 1.165) is 19.3 Å². The summed E-state index contributed by atoms with van der Waals surface area (Å²) in [5, 5.41) is 2.76. The van der Waals surface area contributed by atoms with Gasteiger partial charge in [-0.2, -0.15) is 0 Å². The van der Waals surface area contributed by atoms with Crippen LogP contribution < -0.4 is 10.0 Å². The van der Waals surface area contributed by atoms with E-state index in [0.29, 0.717) is 12.5 Å². The van der Waals surface area contributed by atoms with Gasteiger partial charge in [0, 0.05) is 19.0 Å². The molecular weight excluding hydrogens is 312 g/mol. The van der Waals surface area contributed by atoms with Crippen molar-refractivity contribution in [2.75, 3.05) is 18.8 Å². The highest BCUT2D eigenvalue weighted by molar-refractivity contribution is 7.89. The molecule has 6 heteroatoms. The molecule has 0 bridgehead atoms. The number of nitrogens with one attached hydrogen (secondary N) is 2. The molecule has 3 rings (SSSR count). The Bertz CT molecular complexity index is 641. The van der Waals surface area contributed by atoms with Crippen LogP contribution in [-0.4, -0.2) is 33.2 Å². The lowest BCUT2D eigenvalue weighted by Gasteiger charge is -2.25. The molecule has 5 nitrogen and oxygen atoms in total. The largest absolute Gasteiger partial charge is 0.355 e. The van der Waals surface area contributed by atoms with Crippen molar-refractivity contribution in [2.24, 2.45) is 11.8 Å². The molecule has 126 valence electrons. The van der Waals surface area contributed by atoms with Gasteiger partial charge in [-0.15, -0.1) is 0 Å². The first-order valence-corrected chi connectivity index (χ1v) is 10.0. The van der Waals surface area contributed by atoms with E-state index in [1.54, 1.807) is 0 Å². The minimum atomic E-state index is -3.28. The molecule has 2 fully saturated rings. The quantitative estimate of drug-likeness (QED) is 0.757. The Morgan fingerprint density at radius 1 is 1.17 bits per heavy atom. The first kappa shape index (κ1) is 16.5. The molecule has 0 heterocycles. The maximum Gasteiger partial charge on any atom is 0.223 e. The summed E-state index contributed by atoms with van der Waals surface area (Å²) in [6, 6.07) is 9.98. The number of benzene rings is 1. The van der Waals surface area contributed by atoms with E-state index in [1.807, 2.05) is 30.3 Å². The van der Waals surface area contributed by atoms with Crippen LogP contribution in [0.1, 0.15) is 37.2 Å². The maximum absolute atomic E-state index is 12.1. The van der Waals surface area contributed by atoms with Crippen molar-refractivity contribution in [3.8, 4) is 0 Å². The van der Waals surface area contributed by atoms with Crippen LogP contribution in [0, 0.1) is 11.8 Å². The Kier molecular flexibility index (Phi) is 5.02. The van der Waals surface area contributed by atoms with Crippen molar-refractivity contribution in [1.82, 2.24) is 10.0 Å². The van der Waals surface area contributed by atoms with Gasteiger partial charge in [0.2, 0.25) is 15.9 Å². The molecule has 23 heavy (non-hydrogen) atoms. The number of rotatable bonds is 8. The molecule has 0 spiro atoms. The summed E-state index contributed by atoms with van der Waals surface area (Å²) in [4.78, 5) is 12.1. The van der Waals surface area contributed by atoms with Gasteiger partial charge in [0.15, 0.2) is 0 Å². The van der Waals surface area contributed by atoms with Gasteiger partial charge in [-0.05, 0) is 36.7 Å². The standard InChI is InChI=1S/C17H24N2O3S/c20-17(16-11-15(16)14-7-2-1-3-8-14)18-9-10-23(21,22)19-12-13-5-4-6-13/h1-3,7-8,13,15-16,19H,4-6,9-12H2,(H,18,20)/t15-,16+/m0/s1. The first-order chi connectivity index (χ1) is 11.1. The van der Waals surface area contributed by atoms with Gasteiger partial charge in [0.05, 0.1) is 5.75 Å². The Morgan fingerprint density at radius 3 is 2.57 bits per heavy atom. The third-order valence-electron chi connectivity index (χ3n) is 4.84. The lowest BCUT2D eigenvalue weighted by atomic mass is 9.86. The monoisotopic (exact) mass is 336 g/mol. The van der Waals surface area contributed by atoms with Crippen LogP contribution in [-0.2, 0) is 14.8 Å². The minimum Gasteiger partial charge on any atom is -0.355 e. The Balaban J connectivity index is 1.36. The molecule has 1 aromatic rings. The van der Waals surface area contributed by atoms with Gasteiger partial charge in [0.25, 0.3) is 0 Å². The highest BCUT2D eigenvalue weighted by Crippen LogP contribution is 2.47. The zero-order chi connectivity index (χ0) is 16.3. The molecule has 2 N–H and O–H groups in total. The summed E-state index contributed by atoms with van der Waals surface area (Å²) >= 11 is 0. The summed E-state index contributed by atoms with van der Waals surface area (Å²) in [6.07, 6.45) is 4.28. The zero-order valence-electron chi connectivity index (χ0n) is 13.2. The molecular formula is C17H24N2O3S. The highest BCUT2D eigenvalue weighted by atomic mass is 32.2. The second kappa shape index (κ2) is 7.01. The average Bonchev–Trinajstić information content (AvgIpc) is 3.26. The van der Waals surface area contributed by atoms with Crippen molar-refractivity contribution < 1.29 is 13.2 Å². The van der Waals surface area contributed by atoms with Gasteiger partial charge in [-0.1, -0.05) is 36.8 Å². The van der Waals surface area contributed by atoms with Crippen LogP contribution in [0.5, 0.6) is 0 Å². The molecule has 0 unspecified atom stereocenters. The molecule has 1 aromatic carbocycles. The van der Waals surface area contributed by atoms with E-state index in [4.69, 9.17) is 0 Å². The summed E-state index contributed by atoms with van der Waals surface area (Å²) in [7, 11) is -3.28. The van der Waals surface area contributed by atoms with Crippen molar-refractivity contribution in [2.45, 2.75) is 31.6 Å². The van der Waals surface area contributed by atoms with Crippen LogP contribution in [0.25, 0.3) is 0 Å². The average molecular weight is 336 g/mol. The predicted octanol–water partition coefficient (Wildman–Crippen LogP) is 1.63. The van der Waals surface area contributed by atoms with Gasteiger partial charge < -0.3 is 5.32 Å². The van der Waals surface area contributed by atoms with E-state index in [2.05, 4.69) is 10.0 Å². The smallest absolute Gasteiger partial charge is 0.223 e. The third kappa shape index (κ3) is 4.54. The molecule has 2 aliphatic carbocycles. The minimum absolute atomic E-state index is 0.0111. The van der Waals surface area contributed by atoms with Crippen molar-refractivity contribution >= 4 is 15.9 Å². The fourth-order valence-corrected chi connectivity index (χ4v) is 4.01. The van der Waals surface area contributed by atoms with Crippen molar-refractivity contribution in [3.63, 3.8) is 0 Å². The summed E-state index contributed by atoms with van der Waals surface area (Å²) < 4.78 is 26.4. The van der Waals surface area contributed by atoms with E-state index in [9.17, 15) is 13.2 Å². The zero-order valence-corrected chi connectivity index (χ0v) is 14.0. The lowest BCUT2D eigenvalue weighted by molar-refractivity contribution is -0.122. The third-order valence-corrected chi connectivity index (χ3v) is 6.19. The molecule has 2 aliphatic rings. The predicted molar refractivity (Wildman–Crippen MR) is 89.4 cm³/mol. The normalized spacial score (nSPS) is 24.0. The number of sulfonamides is 1. The molecule has 0 aromatic heterocycles. The number of hydrogen-bond donors (Lipinski definition) is 2. The number of amides is 1. The van der Waals surface area contributed by atoms with E-state index < -0.39 is 10.0 Å². The van der Waals surface area contributed by atoms with Crippen molar-refractivity contribution in [3.05, 3.63) is 35.9 Å². The number of hydrogen-bond acceptors (Lipinski definition) is 3. The Morgan fingerprint density at radius 2 is 1.91 bits per heavy atom. The molecule has 0 aliphatic heterocycles. The number of carbonyl (C=O) groups excluding carboxylic acids is 1. The van der Waals surface area contributed by atoms with E-state index in [-0.39, 0.29) is 30.0 Å². The maximum atomic E-state index is 12.1. The van der Waals surface area contributed by atoms with Gasteiger partial charge in [-0.25, -0.2) is 13.1 Å². The van der Waals surface area contributed by atoms with Crippen LogP contribution in [0.3, 0.4) is 0 Å². The van der Waals surface area contributed by atoms with E-state index >= 15 is 0 Å². The molecule has 2 saturated carbocycles. The Labute approximate surface area is 137 Å². The van der Waals surface area contributed by atoms with E-state index in [1.165, 1.54) is 12.0 Å². The van der Waals surface area contributed by atoms with Crippen LogP contribution in [0.15, 0.2) is 30.3 Å².